The van der Waals surface area contributed by atoms with Gasteiger partial charge in [0.05, 0.1) is 0 Å². The van der Waals surface area contributed by atoms with Crippen molar-refractivity contribution < 1.29 is 14.0 Å². The molecule has 1 radical (unpaired) electrons. The van der Waals surface area contributed by atoms with Crippen molar-refractivity contribution in [2.24, 2.45) is 5.16 Å². The SMILES string of the molecule is O=[C]C=NOCc1ccc(F)cc1. The fourth-order valence-electron chi connectivity index (χ4n) is 0.751. The molecule has 0 atom stereocenters. The quantitative estimate of drug-likeness (QED) is 0.519. The first kappa shape index (κ1) is 9.38. The molecule has 0 aliphatic rings. The first-order chi connectivity index (χ1) is 6.33. The van der Waals surface area contributed by atoms with Gasteiger partial charge in [0.15, 0.2) is 0 Å². The number of nitrogens with zero attached hydrogens (tertiary/aromatic N) is 1. The van der Waals surface area contributed by atoms with Crippen molar-refractivity contribution in [1.29, 1.82) is 0 Å². The van der Waals surface area contributed by atoms with Crippen LogP contribution in [0.1, 0.15) is 5.56 Å². The molecule has 4 heteroatoms. The Bertz CT molecular complexity index is 295. The van der Waals surface area contributed by atoms with E-state index in [-0.39, 0.29) is 12.4 Å². The summed E-state index contributed by atoms with van der Waals surface area (Å²) in [5, 5.41) is 3.27. The fourth-order valence-corrected chi connectivity index (χ4v) is 0.751. The summed E-state index contributed by atoms with van der Waals surface area (Å²) < 4.78 is 12.4. The van der Waals surface area contributed by atoms with Crippen LogP contribution in [0.2, 0.25) is 0 Å². The summed E-state index contributed by atoms with van der Waals surface area (Å²) in [6.45, 7) is 0.207. The maximum absolute atomic E-state index is 12.4. The Balaban J connectivity index is 2.41. The van der Waals surface area contributed by atoms with E-state index in [0.717, 1.165) is 11.8 Å². The lowest BCUT2D eigenvalue weighted by atomic mass is 10.2. The van der Waals surface area contributed by atoms with Gasteiger partial charge in [-0.05, 0) is 17.7 Å². The summed E-state index contributed by atoms with van der Waals surface area (Å²) in [4.78, 5) is 14.3. The van der Waals surface area contributed by atoms with Crippen LogP contribution in [0.25, 0.3) is 0 Å². The molecule has 0 amide bonds. The molecule has 0 saturated carbocycles. The average molecular weight is 180 g/mol. The summed E-state index contributed by atoms with van der Waals surface area (Å²) in [6, 6.07) is 5.81. The van der Waals surface area contributed by atoms with Crippen LogP contribution in [-0.2, 0) is 16.2 Å². The Morgan fingerprint density at radius 2 is 2.15 bits per heavy atom. The Morgan fingerprint density at radius 3 is 2.77 bits per heavy atom. The molecule has 0 N–H and O–H groups in total. The van der Waals surface area contributed by atoms with Crippen LogP contribution in [0.3, 0.4) is 0 Å². The van der Waals surface area contributed by atoms with Gasteiger partial charge in [-0.3, -0.25) is 4.79 Å². The van der Waals surface area contributed by atoms with Gasteiger partial charge in [-0.1, -0.05) is 17.3 Å². The van der Waals surface area contributed by atoms with E-state index < -0.39 is 0 Å². The van der Waals surface area contributed by atoms with Gasteiger partial charge in [0.1, 0.15) is 18.6 Å². The second kappa shape index (κ2) is 5.03. The second-order valence-corrected chi connectivity index (χ2v) is 2.25. The monoisotopic (exact) mass is 180 g/mol. The van der Waals surface area contributed by atoms with Crippen LogP contribution in [0.15, 0.2) is 29.4 Å². The molecule has 0 saturated heterocycles. The van der Waals surface area contributed by atoms with Crippen LogP contribution in [0.4, 0.5) is 4.39 Å². The Kier molecular flexibility index (Phi) is 3.63. The molecule has 0 aliphatic carbocycles. The van der Waals surface area contributed by atoms with Crippen molar-refractivity contribution in [2.45, 2.75) is 6.61 Å². The van der Waals surface area contributed by atoms with Crippen LogP contribution in [0, 0.1) is 5.82 Å². The lowest BCUT2D eigenvalue weighted by Crippen LogP contribution is -1.87. The van der Waals surface area contributed by atoms with Crippen molar-refractivity contribution in [3.05, 3.63) is 35.6 Å². The van der Waals surface area contributed by atoms with Crippen molar-refractivity contribution >= 4 is 12.5 Å². The van der Waals surface area contributed by atoms with Gasteiger partial charge in [0, 0.05) is 0 Å². The third-order valence-corrected chi connectivity index (χ3v) is 1.32. The predicted octanol–water partition coefficient (Wildman–Crippen LogP) is 1.44. The Labute approximate surface area is 74.8 Å². The summed E-state index contributed by atoms with van der Waals surface area (Å²) in [5.41, 5.74) is 0.782. The topological polar surface area (TPSA) is 38.7 Å². The highest BCUT2D eigenvalue weighted by Crippen LogP contribution is 2.03. The minimum absolute atomic E-state index is 0.207. The molecule has 67 valence electrons. The van der Waals surface area contributed by atoms with Crippen molar-refractivity contribution in [3.8, 4) is 0 Å². The highest BCUT2D eigenvalue weighted by molar-refractivity contribution is 6.13. The molecule has 13 heavy (non-hydrogen) atoms. The highest BCUT2D eigenvalue weighted by atomic mass is 19.1. The van der Waals surface area contributed by atoms with Gasteiger partial charge in [-0.15, -0.1) is 0 Å². The molecule has 0 spiro atoms. The maximum atomic E-state index is 12.4. The van der Waals surface area contributed by atoms with E-state index in [1.54, 1.807) is 12.1 Å². The number of rotatable bonds is 4. The van der Waals surface area contributed by atoms with Crippen molar-refractivity contribution in [1.82, 2.24) is 0 Å². The third-order valence-electron chi connectivity index (χ3n) is 1.32. The standard InChI is InChI=1S/C9H7FNO2/c10-9-3-1-8(2-4-9)7-13-11-5-6-12/h1-5H,7H2. The zero-order valence-corrected chi connectivity index (χ0v) is 6.74. The van der Waals surface area contributed by atoms with Crippen LogP contribution < -0.4 is 0 Å². The highest BCUT2D eigenvalue weighted by Gasteiger charge is 1.92. The smallest absolute Gasteiger partial charge is 0.248 e. The van der Waals surface area contributed by atoms with Gasteiger partial charge < -0.3 is 4.84 Å². The number of benzene rings is 1. The minimum Gasteiger partial charge on any atom is -0.391 e. The van der Waals surface area contributed by atoms with Crippen molar-refractivity contribution in [3.63, 3.8) is 0 Å². The molecule has 0 aliphatic heterocycles. The van der Waals surface area contributed by atoms with E-state index in [1.807, 2.05) is 0 Å². The van der Waals surface area contributed by atoms with Crippen molar-refractivity contribution in [2.75, 3.05) is 0 Å². The number of hydrogen-bond donors (Lipinski definition) is 0. The summed E-state index contributed by atoms with van der Waals surface area (Å²) in [5.74, 6) is -0.298. The average Bonchev–Trinajstić information content (AvgIpc) is 2.15. The van der Waals surface area contributed by atoms with Crippen LogP contribution in [-0.4, -0.2) is 12.5 Å². The molecule has 0 bridgehead atoms. The number of oxime groups is 1. The predicted molar refractivity (Wildman–Crippen MR) is 45.4 cm³/mol. The van der Waals surface area contributed by atoms with E-state index >= 15 is 0 Å². The molecule has 1 aromatic carbocycles. The van der Waals surface area contributed by atoms with Gasteiger partial charge in [-0.25, -0.2) is 4.39 Å². The number of hydrogen-bond acceptors (Lipinski definition) is 3. The summed E-state index contributed by atoms with van der Waals surface area (Å²) in [7, 11) is 0. The normalized spacial score (nSPS) is 10.2. The summed E-state index contributed by atoms with van der Waals surface area (Å²) in [6.07, 6.45) is 2.31. The molecule has 0 unspecified atom stereocenters. The molecule has 0 heterocycles. The van der Waals surface area contributed by atoms with Gasteiger partial charge >= 0.3 is 0 Å². The van der Waals surface area contributed by atoms with E-state index in [1.165, 1.54) is 18.4 Å². The summed E-state index contributed by atoms with van der Waals surface area (Å²) >= 11 is 0. The molecule has 0 aromatic heterocycles. The molecular weight excluding hydrogens is 173 g/mol. The minimum atomic E-state index is -0.298. The van der Waals surface area contributed by atoms with Crippen LogP contribution in [0.5, 0.6) is 0 Å². The third kappa shape index (κ3) is 3.46. The molecular formula is C9H7FNO2. The van der Waals surface area contributed by atoms with E-state index in [2.05, 4.69) is 9.99 Å². The number of halogens is 1. The maximum Gasteiger partial charge on any atom is 0.248 e. The lowest BCUT2D eigenvalue weighted by Gasteiger charge is -1.97. The molecule has 1 aromatic rings. The van der Waals surface area contributed by atoms with Gasteiger partial charge in [0.25, 0.3) is 0 Å². The first-order valence-electron chi connectivity index (χ1n) is 3.59. The molecule has 1 rings (SSSR count). The van der Waals surface area contributed by atoms with Crippen LogP contribution >= 0.6 is 0 Å². The first-order valence-corrected chi connectivity index (χ1v) is 3.59. The van der Waals surface area contributed by atoms with E-state index in [9.17, 15) is 9.18 Å². The van der Waals surface area contributed by atoms with E-state index in [4.69, 9.17) is 0 Å². The van der Waals surface area contributed by atoms with E-state index in [0.29, 0.717) is 0 Å². The zero-order chi connectivity index (χ0) is 9.52. The van der Waals surface area contributed by atoms with Gasteiger partial charge in [-0.2, -0.15) is 0 Å². The number of carbonyl (C=O) groups excluding carboxylic acids is 1. The Hall–Kier alpha value is -1.71. The largest absolute Gasteiger partial charge is 0.391 e. The fraction of sp³-hybridized carbons (Fsp3) is 0.111. The zero-order valence-electron chi connectivity index (χ0n) is 6.74. The lowest BCUT2D eigenvalue weighted by molar-refractivity contribution is 0.132. The molecule has 3 nitrogen and oxygen atoms in total. The Morgan fingerprint density at radius 1 is 1.46 bits per heavy atom. The second-order valence-electron chi connectivity index (χ2n) is 2.25. The van der Waals surface area contributed by atoms with Gasteiger partial charge in [0.2, 0.25) is 6.29 Å². The molecule has 0 fully saturated rings.